The van der Waals surface area contributed by atoms with Crippen molar-refractivity contribution in [2.45, 2.75) is 39.5 Å². The summed E-state index contributed by atoms with van der Waals surface area (Å²) in [6.07, 6.45) is 4.65. The summed E-state index contributed by atoms with van der Waals surface area (Å²) >= 11 is 0. The van der Waals surface area contributed by atoms with Gasteiger partial charge in [-0.3, -0.25) is 4.79 Å². The van der Waals surface area contributed by atoms with Crippen LogP contribution in [0.5, 0.6) is 0 Å². The number of hydrogen-bond acceptors (Lipinski definition) is 1. The highest BCUT2D eigenvalue weighted by Gasteiger charge is 2.18. The van der Waals surface area contributed by atoms with Gasteiger partial charge in [0.1, 0.15) is 0 Å². The molecule has 0 unspecified atom stereocenters. The topological polar surface area (TPSA) is 29.1 Å². The van der Waals surface area contributed by atoms with E-state index in [9.17, 15) is 4.79 Å². The highest BCUT2D eigenvalue weighted by atomic mass is 16.1. The van der Waals surface area contributed by atoms with Crippen LogP contribution in [0.2, 0.25) is 0 Å². The molecule has 0 bridgehead atoms. The summed E-state index contributed by atoms with van der Waals surface area (Å²) in [4.78, 5) is 12.6. The fourth-order valence-corrected chi connectivity index (χ4v) is 4.27. The van der Waals surface area contributed by atoms with Crippen LogP contribution in [0.1, 0.15) is 44.6 Å². The predicted octanol–water partition coefficient (Wildman–Crippen LogP) is 5.90. The smallest absolute Gasteiger partial charge is 0.255 e. The molecule has 0 saturated carbocycles. The van der Waals surface area contributed by atoms with Crippen molar-refractivity contribution in [2.75, 3.05) is 5.32 Å². The molecule has 0 aliphatic heterocycles. The Kier molecular flexibility index (Phi) is 5.29. The van der Waals surface area contributed by atoms with Gasteiger partial charge < -0.3 is 5.32 Å². The van der Waals surface area contributed by atoms with Crippen molar-refractivity contribution < 1.29 is 4.79 Å². The van der Waals surface area contributed by atoms with Gasteiger partial charge in [0.25, 0.3) is 5.91 Å². The quantitative estimate of drug-likeness (QED) is 0.609. The number of para-hydroxylation sites is 1. The van der Waals surface area contributed by atoms with E-state index in [-0.39, 0.29) is 5.91 Å². The monoisotopic (exact) mass is 369 g/mol. The largest absolute Gasteiger partial charge is 0.322 e. The Morgan fingerprint density at radius 2 is 1.57 bits per heavy atom. The maximum absolute atomic E-state index is 12.6. The minimum Gasteiger partial charge on any atom is -0.322 e. The summed E-state index contributed by atoms with van der Waals surface area (Å²) in [6, 6.07) is 23.0. The number of carbonyl (C=O) groups excluding carboxylic acids is 1. The second kappa shape index (κ2) is 8.02. The maximum Gasteiger partial charge on any atom is 0.255 e. The van der Waals surface area contributed by atoms with E-state index in [2.05, 4.69) is 41.7 Å². The summed E-state index contributed by atoms with van der Waals surface area (Å²) in [5, 5.41) is 3.07. The van der Waals surface area contributed by atoms with Gasteiger partial charge in [0.15, 0.2) is 0 Å². The Labute approximate surface area is 167 Å². The summed E-state index contributed by atoms with van der Waals surface area (Å²) in [7, 11) is 0. The second-order valence-corrected chi connectivity index (χ2v) is 8.00. The number of hydrogen-bond donors (Lipinski definition) is 1. The van der Waals surface area contributed by atoms with Crippen molar-refractivity contribution in [1.29, 1.82) is 0 Å². The van der Waals surface area contributed by atoms with Gasteiger partial charge in [-0.15, -0.1) is 0 Å². The van der Waals surface area contributed by atoms with Crippen molar-refractivity contribution >= 4 is 11.6 Å². The lowest BCUT2D eigenvalue weighted by atomic mass is 9.81. The van der Waals surface area contributed by atoms with E-state index in [0.29, 0.717) is 11.5 Å². The lowest BCUT2D eigenvalue weighted by Gasteiger charge is -2.24. The number of fused-ring (bicyclic) bond motifs is 1. The minimum absolute atomic E-state index is 0.0458. The van der Waals surface area contributed by atoms with Crippen molar-refractivity contribution in [3.8, 4) is 0 Å². The van der Waals surface area contributed by atoms with E-state index in [1.807, 2.05) is 44.2 Å². The molecule has 1 N–H and O–H groups in total. The van der Waals surface area contributed by atoms with E-state index < -0.39 is 0 Å². The zero-order valence-corrected chi connectivity index (χ0v) is 16.7. The second-order valence-electron chi connectivity index (χ2n) is 8.00. The Bertz CT molecular complexity index is 967. The number of anilines is 1. The zero-order valence-electron chi connectivity index (χ0n) is 16.7. The normalized spacial score (nSPS) is 15.7. The Morgan fingerprint density at radius 1 is 0.893 bits per heavy atom. The molecule has 28 heavy (non-hydrogen) atoms. The third-order valence-electron chi connectivity index (χ3n) is 5.91. The minimum atomic E-state index is -0.0458. The van der Waals surface area contributed by atoms with Crippen LogP contribution in [0.25, 0.3) is 0 Å². The molecule has 0 fully saturated rings. The molecular weight excluding hydrogens is 342 g/mol. The van der Waals surface area contributed by atoms with Gasteiger partial charge >= 0.3 is 0 Å². The fourth-order valence-electron chi connectivity index (χ4n) is 4.27. The van der Waals surface area contributed by atoms with Crippen molar-refractivity contribution in [3.63, 3.8) is 0 Å². The van der Waals surface area contributed by atoms with E-state index in [4.69, 9.17) is 0 Å². The average molecular weight is 370 g/mol. The molecule has 2 heteroatoms. The first-order chi connectivity index (χ1) is 13.6. The van der Waals surface area contributed by atoms with Crippen LogP contribution in [0.15, 0.2) is 66.7 Å². The number of carbonyl (C=O) groups is 1. The summed E-state index contributed by atoms with van der Waals surface area (Å²) in [5.41, 5.74) is 8.12. The first kappa shape index (κ1) is 18.5. The molecule has 1 amide bonds. The molecule has 1 aliphatic rings. The Morgan fingerprint density at radius 3 is 2.29 bits per heavy atom. The summed E-state index contributed by atoms with van der Waals surface area (Å²) in [5.74, 6) is 0.639. The van der Waals surface area contributed by atoms with Crippen LogP contribution in [-0.4, -0.2) is 5.91 Å². The van der Waals surface area contributed by atoms with Crippen molar-refractivity contribution in [1.82, 2.24) is 0 Å². The number of aryl methyl sites for hydroxylation is 3. The Hall–Kier alpha value is -2.87. The molecule has 0 heterocycles. The highest BCUT2D eigenvalue weighted by Crippen LogP contribution is 2.28. The van der Waals surface area contributed by atoms with E-state index in [0.717, 1.165) is 29.7 Å². The molecular formula is C26H27NO. The van der Waals surface area contributed by atoms with Crippen LogP contribution in [0.3, 0.4) is 0 Å². The predicted molar refractivity (Wildman–Crippen MR) is 116 cm³/mol. The third kappa shape index (κ3) is 4.01. The molecule has 142 valence electrons. The van der Waals surface area contributed by atoms with Gasteiger partial charge in [-0.25, -0.2) is 0 Å². The number of rotatable bonds is 4. The lowest BCUT2D eigenvalue weighted by molar-refractivity contribution is 0.102. The first-order valence-corrected chi connectivity index (χ1v) is 10.1. The molecule has 3 aromatic rings. The Balaban J connectivity index is 1.41. The number of nitrogens with one attached hydrogen (secondary N) is 1. The van der Waals surface area contributed by atoms with E-state index >= 15 is 0 Å². The average Bonchev–Trinajstić information content (AvgIpc) is 2.71. The van der Waals surface area contributed by atoms with Gasteiger partial charge in [-0.2, -0.15) is 0 Å². The molecule has 4 rings (SSSR count). The summed E-state index contributed by atoms with van der Waals surface area (Å²) in [6.45, 7) is 4.04. The van der Waals surface area contributed by atoms with E-state index in [1.54, 1.807) is 0 Å². The van der Waals surface area contributed by atoms with Crippen LogP contribution >= 0.6 is 0 Å². The van der Waals surface area contributed by atoms with E-state index in [1.165, 1.54) is 29.5 Å². The van der Waals surface area contributed by atoms with Gasteiger partial charge in [-0.05, 0) is 85.4 Å². The van der Waals surface area contributed by atoms with Crippen LogP contribution in [-0.2, 0) is 19.3 Å². The lowest BCUT2D eigenvalue weighted by Crippen LogP contribution is -2.17. The molecule has 0 spiro atoms. The first-order valence-electron chi connectivity index (χ1n) is 10.1. The number of benzene rings is 3. The molecule has 1 atom stereocenters. The third-order valence-corrected chi connectivity index (χ3v) is 5.91. The molecule has 1 aliphatic carbocycles. The van der Waals surface area contributed by atoms with Crippen LogP contribution < -0.4 is 5.32 Å². The standard InChI is InChI=1S/C26H27NO/c1-18-6-5-7-19(2)25(18)27-26(28)23-14-10-20(11-15-23)16-21-12-13-22-8-3-4-9-24(22)17-21/h3-11,14-15,21H,12-13,16-17H2,1-2H3,(H,27,28)/t21-/m1/s1. The molecule has 3 aromatic carbocycles. The molecule has 2 nitrogen and oxygen atoms in total. The molecule has 0 aromatic heterocycles. The van der Waals surface area contributed by atoms with Crippen molar-refractivity contribution in [3.05, 3.63) is 100 Å². The van der Waals surface area contributed by atoms with Gasteiger partial charge in [0.05, 0.1) is 0 Å². The number of amides is 1. The van der Waals surface area contributed by atoms with Crippen molar-refractivity contribution in [2.24, 2.45) is 5.92 Å². The highest BCUT2D eigenvalue weighted by molar-refractivity contribution is 6.05. The molecule has 0 saturated heterocycles. The molecule has 0 radical (unpaired) electrons. The maximum atomic E-state index is 12.6. The van der Waals surface area contributed by atoms with Gasteiger partial charge in [0.2, 0.25) is 0 Å². The zero-order chi connectivity index (χ0) is 19.5. The summed E-state index contributed by atoms with van der Waals surface area (Å²) < 4.78 is 0. The fraction of sp³-hybridized carbons (Fsp3) is 0.269. The van der Waals surface area contributed by atoms with Crippen LogP contribution in [0, 0.1) is 19.8 Å². The van der Waals surface area contributed by atoms with Gasteiger partial charge in [-0.1, -0.05) is 54.6 Å². The SMILES string of the molecule is Cc1cccc(C)c1NC(=O)c1ccc(C[C@H]2CCc3ccccc3C2)cc1. The van der Waals surface area contributed by atoms with Crippen LogP contribution in [0.4, 0.5) is 5.69 Å². The van der Waals surface area contributed by atoms with Gasteiger partial charge in [0, 0.05) is 11.3 Å².